The predicted octanol–water partition coefficient (Wildman–Crippen LogP) is 1.80. The van der Waals surface area contributed by atoms with Crippen LogP contribution in [0.3, 0.4) is 0 Å². The van der Waals surface area contributed by atoms with E-state index in [0.717, 1.165) is 16.0 Å². The minimum atomic E-state index is -0.789. The lowest BCUT2D eigenvalue weighted by Gasteiger charge is -2.34. The molecule has 1 saturated heterocycles. The summed E-state index contributed by atoms with van der Waals surface area (Å²) in [6.45, 7) is 2.81. The first-order valence-corrected chi connectivity index (χ1v) is 9.33. The van der Waals surface area contributed by atoms with Gasteiger partial charge in [0.25, 0.3) is 5.91 Å². The van der Waals surface area contributed by atoms with E-state index < -0.39 is 6.04 Å². The Morgan fingerprint density at radius 1 is 1.35 bits per heavy atom. The molecular weight excluding hydrogens is 350 g/mol. The molecule has 1 aromatic heterocycles. The number of aryl methyl sites for hydroxylation is 1. The van der Waals surface area contributed by atoms with Crippen molar-refractivity contribution < 1.29 is 14.4 Å². The van der Waals surface area contributed by atoms with Crippen LogP contribution < -0.4 is 10.6 Å². The molecule has 2 aromatic rings. The number of hydrogen-bond donors (Lipinski definition) is 2. The summed E-state index contributed by atoms with van der Waals surface area (Å²) >= 11 is 1.63. The first-order chi connectivity index (χ1) is 12.5. The van der Waals surface area contributed by atoms with Crippen LogP contribution in [0.1, 0.15) is 22.3 Å². The fourth-order valence-electron chi connectivity index (χ4n) is 3.07. The zero-order valence-corrected chi connectivity index (χ0v) is 15.6. The fraction of sp³-hybridized carbons (Fsp3) is 0.316. The number of amides is 3. The van der Waals surface area contributed by atoms with Gasteiger partial charge in [0.15, 0.2) is 0 Å². The molecule has 3 rings (SSSR count). The summed E-state index contributed by atoms with van der Waals surface area (Å²) in [5, 5.41) is 7.26. The zero-order valence-electron chi connectivity index (χ0n) is 14.7. The molecule has 0 saturated carbocycles. The van der Waals surface area contributed by atoms with E-state index in [0.29, 0.717) is 18.7 Å². The van der Waals surface area contributed by atoms with Gasteiger partial charge in [0.2, 0.25) is 11.8 Å². The molecule has 3 amide bonds. The van der Waals surface area contributed by atoms with E-state index in [2.05, 4.69) is 10.6 Å². The van der Waals surface area contributed by atoms with E-state index in [9.17, 15) is 14.4 Å². The van der Waals surface area contributed by atoms with Crippen molar-refractivity contribution >= 4 is 29.1 Å². The molecule has 1 atom stereocenters. The lowest BCUT2D eigenvalue weighted by molar-refractivity contribution is -0.132. The number of nitrogens with one attached hydrogen (secondary N) is 2. The smallest absolute Gasteiger partial charge is 0.254 e. The topological polar surface area (TPSA) is 78.5 Å². The van der Waals surface area contributed by atoms with Gasteiger partial charge in [0, 0.05) is 30.6 Å². The summed E-state index contributed by atoms with van der Waals surface area (Å²) in [6, 6.07) is 8.68. The van der Waals surface area contributed by atoms with Crippen molar-refractivity contribution in [3.05, 3.63) is 46.8 Å². The van der Waals surface area contributed by atoms with Crippen molar-refractivity contribution in [2.75, 3.05) is 20.1 Å². The molecular formula is C19H21N3O3S. The number of piperazine rings is 1. The van der Waals surface area contributed by atoms with Gasteiger partial charge in [-0.05, 0) is 41.6 Å². The van der Waals surface area contributed by atoms with Crippen LogP contribution in [0.2, 0.25) is 0 Å². The van der Waals surface area contributed by atoms with Gasteiger partial charge in [0.05, 0.1) is 6.42 Å². The Morgan fingerprint density at radius 2 is 2.15 bits per heavy atom. The first kappa shape index (κ1) is 18.1. The monoisotopic (exact) mass is 371 g/mol. The third-order valence-electron chi connectivity index (χ3n) is 4.48. The van der Waals surface area contributed by atoms with Crippen molar-refractivity contribution in [3.63, 3.8) is 0 Å². The molecule has 136 valence electrons. The highest BCUT2D eigenvalue weighted by Gasteiger charge is 2.35. The second kappa shape index (κ2) is 7.70. The summed E-state index contributed by atoms with van der Waals surface area (Å²) < 4.78 is 0. The SMILES string of the molecule is CNC(=O)C[C@@H]1C(=O)NCCN1C(=O)c1cccc(-c2sccc2C)c1. The zero-order chi connectivity index (χ0) is 18.7. The molecule has 0 bridgehead atoms. The standard InChI is InChI=1S/C19H21N3O3S/c1-12-6-9-26-17(12)13-4-3-5-14(10-13)19(25)22-8-7-21-18(24)15(22)11-16(23)20-2/h3-6,9-10,15H,7-8,11H2,1-2H3,(H,20,23)(H,21,24)/t15-/m1/s1. The minimum Gasteiger partial charge on any atom is -0.359 e. The Bertz CT molecular complexity index is 846. The highest BCUT2D eigenvalue weighted by molar-refractivity contribution is 7.13. The average Bonchev–Trinajstić information content (AvgIpc) is 3.08. The van der Waals surface area contributed by atoms with Gasteiger partial charge in [-0.25, -0.2) is 0 Å². The molecule has 0 unspecified atom stereocenters. The summed E-state index contributed by atoms with van der Waals surface area (Å²) in [5.74, 6) is -0.795. The summed E-state index contributed by atoms with van der Waals surface area (Å²) in [5.41, 5.74) is 2.66. The van der Waals surface area contributed by atoms with Crippen LogP contribution in [0, 0.1) is 6.92 Å². The van der Waals surface area contributed by atoms with Crippen LogP contribution >= 0.6 is 11.3 Å². The molecule has 0 spiro atoms. The van der Waals surface area contributed by atoms with Gasteiger partial charge in [-0.1, -0.05) is 12.1 Å². The van der Waals surface area contributed by atoms with Crippen LogP contribution in [0.5, 0.6) is 0 Å². The van der Waals surface area contributed by atoms with Crippen LogP contribution in [-0.2, 0) is 9.59 Å². The van der Waals surface area contributed by atoms with Gasteiger partial charge in [-0.2, -0.15) is 0 Å². The molecule has 1 fully saturated rings. The second-order valence-corrected chi connectivity index (χ2v) is 7.11. The Labute approximate surface area is 156 Å². The van der Waals surface area contributed by atoms with Gasteiger partial charge in [-0.15, -0.1) is 11.3 Å². The summed E-state index contributed by atoms with van der Waals surface area (Å²) in [7, 11) is 1.52. The Kier molecular flexibility index (Phi) is 5.37. The number of nitrogens with zero attached hydrogens (tertiary/aromatic N) is 1. The van der Waals surface area contributed by atoms with Crippen molar-refractivity contribution in [2.45, 2.75) is 19.4 Å². The van der Waals surface area contributed by atoms with Crippen LogP contribution in [0.4, 0.5) is 0 Å². The van der Waals surface area contributed by atoms with Crippen molar-refractivity contribution in [1.29, 1.82) is 0 Å². The molecule has 0 aliphatic carbocycles. The second-order valence-electron chi connectivity index (χ2n) is 6.20. The van der Waals surface area contributed by atoms with E-state index in [1.807, 2.05) is 36.6 Å². The predicted molar refractivity (Wildman–Crippen MR) is 101 cm³/mol. The number of hydrogen-bond acceptors (Lipinski definition) is 4. The number of carbonyl (C=O) groups excluding carboxylic acids is 3. The Hall–Kier alpha value is -2.67. The third-order valence-corrected chi connectivity index (χ3v) is 5.55. The van der Waals surface area contributed by atoms with Crippen molar-refractivity contribution in [1.82, 2.24) is 15.5 Å². The van der Waals surface area contributed by atoms with E-state index >= 15 is 0 Å². The molecule has 1 aromatic carbocycles. The largest absolute Gasteiger partial charge is 0.359 e. The van der Waals surface area contributed by atoms with Gasteiger partial charge >= 0.3 is 0 Å². The van der Waals surface area contributed by atoms with Crippen molar-refractivity contribution in [3.8, 4) is 10.4 Å². The molecule has 7 heteroatoms. The minimum absolute atomic E-state index is 0.0439. The highest BCUT2D eigenvalue weighted by atomic mass is 32.1. The molecule has 0 radical (unpaired) electrons. The third kappa shape index (κ3) is 3.62. The van der Waals surface area contributed by atoms with Crippen LogP contribution in [-0.4, -0.2) is 48.8 Å². The first-order valence-electron chi connectivity index (χ1n) is 8.45. The number of rotatable bonds is 4. The quantitative estimate of drug-likeness (QED) is 0.860. The molecule has 6 nitrogen and oxygen atoms in total. The molecule has 26 heavy (non-hydrogen) atoms. The van der Waals surface area contributed by atoms with E-state index in [-0.39, 0.29) is 24.1 Å². The van der Waals surface area contributed by atoms with E-state index in [1.165, 1.54) is 11.9 Å². The summed E-state index contributed by atoms with van der Waals surface area (Å²) in [6.07, 6.45) is -0.0439. The molecule has 1 aliphatic rings. The number of carbonyl (C=O) groups is 3. The maximum absolute atomic E-state index is 13.0. The lowest BCUT2D eigenvalue weighted by Crippen LogP contribution is -2.58. The van der Waals surface area contributed by atoms with Crippen molar-refractivity contribution in [2.24, 2.45) is 0 Å². The van der Waals surface area contributed by atoms with Crippen LogP contribution in [0.15, 0.2) is 35.7 Å². The van der Waals surface area contributed by atoms with Gasteiger partial charge in [-0.3, -0.25) is 14.4 Å². The van der Waals surface area contributed by atoms with E-state index in [1.54, 1.807) is 17.4 Å². The Morgan fingerprint density at radius 3 is 2.85 bits per heavy atom. The molecule has 2 N–H and O–H groups in total. The van der Waals surface area contributed by atoms with E-state index in [4.69, 9.17) is 0 Å². The molecule has 1 aliphatic heterocycles. The maximum Gasteiger partial charge on any atom is 0.254 e. The average molecular weight is 371 g/mol. The number of thiophene rings is 1. The molecule has 2 heterocycles. The normalized spacial score (nSPS) is 16.9. The highest BCUT2D eigenvalue weighted by Crippen LogP contribution is 2.30. The fourth-order valence-corrected chi connectivity index (χ4v) is 3.99. The lowest BCUT2D eigenvalue weighted by atomic mass is 10.0. The Balaban J connectivity index is 1.88. The van der Waals surface area contributed by atoms with Gasteiger partial charge < -0.3 is 15.5 Å². The maximum atomic E-state index is 13.0. The number of benzene rings is 1. The van der Waals surface area contributed by atoms with Gasteiger partial charge in [0.1, 0.15) is 6.04 Å². The van der Waals surface area contributed by atoms with Crippen LogP contribution in [0.25, 0.3) is 10.4 Å². The summed E-state index contributed by atoms with van der Waals surface area (Å²) in [4.78, 5) is 39.6.